The number of aliphatic hydroxyl groups is 1. The van der Waals surface area contributed by atoms with E-state index < -0.39 is 20.0 Å². The maximum atomic E-state index is 13.0. The molecular weight excluding hydrogens is 936 g/mol. The molecule has 0 aromatic heterocycles. The number of unbranched alkanes of at least 4 members (excludes halogenated alkanes) is 22. The van der Waals surface area contributed by atoms with Crippen LogP contribution in [0.2, 0.25) is 0 Å². The minimum atomic E-state index is -4.36. The number of carbonyl (C=O) groups excluding carboxylic acids is 1. The zero-order valence-electron chi connectivity index (χ0n) is 48.3. The Bertz CT molecular complexity index is 1620. The summed E-state index contributed by atoms with van der Waals surface area (Å²) in [5, 5.41) is 13.9. The molecule has 8 nitrogen and oxygen atoms in total. The molecule has 424 valence electrons. The van der Waals surface area contributed by atoms with E-state index in [4.69, 9.17) is 9.05 Å². The first kappa shape index (κ1) is 70.9. The van der Waals surface area contributed by atoms with Gasteiger partial charge in [-0.05, 0) is 89.9 Å². The van der Waals surface area contributed by atoms with E-state index in [9.17, 15) is 19.4 Å². The topological polar surface area (TPSA) is 105 Å². The summed E-state index contributed by atoms with van der Waals surface area (Å²) < 4.78 is 23.7. The predicted molar refractivity (Wildman–Crippen MR) is 322 cm³/mol. The van der Waals surface area contributed by atoms with Crippen LogP contribution in [0.1, 0.15) is 232 Å². The van der Waals surface area contributed by atoms with Gasteiger partial charge in [-0.25, -0.2) is 4.57 Å². The van der Waals surface area contributed by atoms with Crippen molar-refractivity contribution in [2.75, 3.05) is 40.9 Å². The molecule has 74 heavy (non-hydrogen) atoms. The van der Waals surface area contributed by atoms with Crippen LogP contribution < -0.4 is 5.32 Å². The number of carbonyl (C=O) groups is 1. The molecule has 0 aromatic carbocycles. The molecule has 0 saturated heterocycles. The lowest BCUT2D eigenvalue weighted by Gasteiger charge is -2.25. The highest BCUT2D eigenvalue weighted by Gasteiger charge is 2.27. The molecule has 9 heteroatoms. The zero-order chi connectivity index (χ0) is 54.2. The van der Waals surface area contributed by atoms with Gasteiger partial charge in [-0.2, -0.15) is 0 Å². The second kappa shape index (κ2) is 54.7. The molecule has 0 fully saturated rings. The average Bonchev–Trinajstić information content (AvgIpc) is 3.36. The predicted octanol–water partition coefficient (Wildman–Crippen LogP) is 18.5. The molecule has 0 aromatic rings. The van der Waals surface area contributed by atoms with Gasteiger partial charge in [-0.1, -0.05) is 257 Å². The number of hydrogen-bond donors (Lipinski definition) is 3. The molecule has 3 atom stereocenters. The second-order valence-corrected chi connectivity index (χ2v) is 22.4. The quantitative estimate of drug-likeness (QED) is 0.0243. The van der Waals surface area contributed by atoms with E-state index in [1.165, 1.54) is 96.3 Å². The Morgan fingerprint density at radius 1 is 0.473 bits per heavy atom. The summed E-state index contributed by atoms with van der Waals surface area (Å²) in [6.07, 6.45) is 81.5. The SMILES string of the molecule is CC/C=C\C/C=C\C/C=C\C/C=C\C/C=C\C/C=C\C/C=C\C/C=C\C/C=C\CCCCCCCC(=O)NC(COP(=O)(O)OCC[N+](C)(C)C)C(O)/C=C/CCCCCCCCCCCCCCCCCCC. The molecule has 0 rings (SSSR count). The van der Waals surface area contributed by atoms with Gasteiger partial charge in [0.2, 0.25) is 5.91 Å². The molecular formula is C65H114N2O6P+. The third-order valence-electron chi connectivity index (χ3n) is 12.7. The van der Waals surface area contributed by atoms with Crippen molar-refractivity contribution in [3.63, 3.8) is 0 Å². The highest BCUT2D eigenvalue weighted by atomic mass is 31.2. The first-order valence-corrected chi connectivity index (χ1v) is 31.4. The van der Waals surface area contributed by atoms with Crippen molar-refractivity contribution in [3.05, 3.63) is 122 Å². The van der Waals surface area contributed by atoms with Gasteiger partial charge < -0.3 is 19.8 Å². The smallest absolute Gasteiger partial charge is 0.387 e. The number of phosphoric ester groups is 1. The van der Waals surface area contributed by atoms with Gasteiger partial charge in [0, 0.05) is 6.42 Å². The number of nitrogens with one attached hydrogen (secondary N) is 1. The number of hydrogen-bond acceptors (Lipinski definition) is 5. The summed E-state index contributed by atoms with van der Waals surface area (Å²) in [5.41, 5.74) is 0. The molecule has 0 bridgehead atoms. The van der Waals surface area contributed by atoms with Gasteiger partial charge in [-0.3, -0.25) is 13.8 Å². The summed E-state index contributed by atoms with van der Waals surface area (Å²) in [6.45, 7) is 4.68. The number of aliphatic hydroxyl groups excluding tert-OH is 1. The lowest BCUT2D eigenvalue weighted by molar-refractivity contribution is -0.870. The van der Waals surface area contributed by atoms with Crippen molar-refractivity contribution in [1.29, 1.82) is 0 Å². The first-order valence-electron chi connectivity index (χ1n) is 29.9. The lowest BCUT2D eigenvalue weighted by atomic mass is 10.0. The molecule has 3 unspecified atom stereocenters. The van der Waals surface area contributed by atoms with Crippen LogP contribution in [0, 0.1) is 0 Å². The van der Waals surface area contributed by atoms with Gasteiger partial charge >= 0.3 is 7.82 Å². The van der Waals surface area contributed by atoms with E-state index in [2.05, 4.69) is 129 Å². The average molecular weight is 1050 g/mol. The molecule has 0 aliphatic rings. The Kier molecular flexibility index (Phi) is 52.4. The minimum absolute atomic E-state index is 0.0511. The third-order valence-corrected chi connectivity index (χ3v) is 13.7. The summed E-state index contributed by atoms with van der Waals surface area (Å²) in [5.74, 6) is -0.200. The molecule has 0 radical (unpaired) electrons. The summed E-state index contributed by atoms with van der Waals surface area (Å²) in [7, 11) is 1.54. The largest absolute Gasteiger partial charge is 0.472 e. The van der Waals surface area contributed by atoms with E-state index in [1.807, 2.05) is 27.2 Å². The molecule has 0 saturated carbocycles. The van der Waals surface area contributed by atoms with Crippen LogP contribution in [0.4, 0.5) is 0 Å². The van der Waals surface area contributed by atoms with Gasteiger partial charge in [-0.15, -0.1) is 0 Å². The van der Waals surface area contributed by atoms with Crippen LogP contribution in [-0.2, 0) is 18.4 Å². The summed E-state index contributed by atoms with van der Waals surface area (Å²) in [4.78, 5) is 23.3. The number of amides is 1. The molecule has 0 heterocycles. The highest BCUT2D eigenvalue weighted by molar-refractivity contribution is 7.47. The monoisotopic (exact) mass is 1050 g/mol. The Labute approximate surface area is 456 Å². The van der Waals surface area contributed by atoms with Gasteiger partial charge in [0.25, 0.3) is 0 Å². The van der Waals surface area contributed by atoms with Crippen LogP contribution >= 0.6 is 7.82 Å². The van der Waals surface area contributed by atoms with Crippen LogP contribution in [-0.4, -0.2) is 73.4 Å². The van der Waals surface area contributed by atoms with E-state index in [0.717, 1.165) is 116 Å². The van der Waals surface area contributed by atoms with E-state index in [0.29, 0.717) is 17.4 Å². The lowest BCUT2D eigenvalue weighted by Crippen LogP contribution is -2.45. The maximum Gasteiger partial charge on any atom is 0.472 e. The fourth-order valence-electron chi connectivity index (χ4n) is 8.03. The third kappa shape index (κ3) is 56.6. The minimum Gasteiger partial charge on any atom is -0.387 e. The number of quaternary nitrogens is 1. The molecule has 0 aliphatic heterocycles. The Balaban J connectivity index is 4.28. The van der Waals surface area contributed by atoms with Crippen molar-refractivity contribution in [1.82, 2.24) is 5.32 Å². The van der Waals surface area contributed by atoms with Crippen molar-refractivity contribution in [2.24, 2.45) is 0 Å². The van der Waals surface area contributed by atoms with Crippen LogP contribution in [0.3, 0.4) is 0 Å². The number of likely N-dealkylation sites (N-methyl/N-ethyl adjacent to an activating group) is 1. The fraction of sp³-hybridized carbons (Fsp3) is 0.677. The van der Waals surface area contributed by atoms with Crippen LogP contribution in [0.15, 0.2) is 122 Å². The fourth-order valence-corrected chi connectivity index (χ4v) is 8.77. The van der Waals surface area contributed by atoms with Crippen molar-refractivity contribution < 1.29 is 32.9 Å². The second-order valence-electron chi connectivity index (χ2n) is 21.0. The van der Waals surface area contributed by atoms with E-state index in [1.54, 1.807) is 6.08 Å². The Morgan fingerprint density at radius 3 is 1.19 bits per heavy atom. The van der Waals surface area contributed by atoms with Gasteiger partial charge in [0.1, 0.15) is 13.2 Å². The van der Waals surface area contributed by atoms with Crippen molar-refractivity contribution in [3.8, 4) is 0 Å². The standard InChI is InChI=1S/C65H113N2O6P/c1-6-8-10-12-14-16-18-20-22-24-26-27-28-29-30-31-32-33-34-35-36-37-38-39-41-43-45-47-49-51-53-55-57-59-65(69)66-63(62-73-74(70,71)72-61-60-67(3,4)5)64(68)58-56-54-52-50-48-46-44-42-40-25-23-21-19-17-15-13-11-9-7-2/h8,10,14,16,20,22,26-27,29-30,32-33,35-36,38-39,43,45,56,58,63-64,68H,6-7,9,11-13,15,17-19,21,23-25,28,31,34,37,40-42,44,46-55,57,59-62H2,1-5H3,(H-,66,69,70,71)/p+1/b10-8-,16-14-,22-20-,27-26-,30-29-,33-32-,36-35-,39-38-,45-43-,58-56+. The number of allylic oxidation sites excluding steroid dienone is 19. The molecule has 3 N–H and O–H groups in total. The van der Waals surface area contributed by atoms with Crippen LogP contribution in [0.5, 0.6) is 0 Å². The molecule has 1 amide bonds. The van der Waals surface area contributed by atoms with Gasteiger partial charge in [0.05, 0.1) is 39.9 Å². The zero-order valence-corrected chi connectivity index (χ0v) is 49.2. The van der Waals surface area contributed by atoms with Gasteiger partial charge in [0.15, 0.2) is 0 Å². The Hall–Kier alpha value is -3.10. The normalized spacial score (nSPS) is 14.7. The first-order chi connectivity index (χ1) is 36.0. The number of nitrogens with zero attached hydrogens (tertiary/aromatic N) is 1. The summed E-state index contributed by atoms with van der Waals surface area (Å²) >= 11 is 0. The number of rotatable bonds is 53. The Morgan fingerprint density at radius 2 is 0.811 bits per heavy atom. The molecule has 0 spiro atoms. The maximum absolute atomic E-state index is 13.0. The van der Waals surface area contributed by atoms with Crippen molar-refractivity contribution >= 4 is 13.7 Å². The van der Waals surface area contributed by atoms with Crippen molar-refractivity contribution in [2.45, 2.75) is 244 Å². The van der Waals surface area contributed by atoms with E-state index >= 15 is 0 Å². The van der Waals surface area contributed by atoms with Crippen LogP contribution in [0.25, 0.3) is 0 Å². The number of phosphoric acid groups is 1. The molecule has 0 aliphatic carbocycles. The highest BCUT2D eigenvalue weighted by Crippen LogP contribution is 2.43. The van der Waals surface area contributed by atoms with E-state index in [-0.39, 0.29) is 19.1 Å². The summed E-state index contributed by atoms with van der Waals surface area (Å²) in [6, 6.07) is -0.867.